The van der Waals surface area contributed by atoms with Crippen LogP contribution in [0.5, 0.6) is 17.2 Å². The maximum atomic E-state index is 11.7. The van der Waals surface area contributed by atoms with Crippen LogP contribution in [0.2, 0.25) is 5.02 Å². The normalized spacial score (nSPS) is 18.0. The Morgan fingerprint density at radius 2 is 1.91 bits per heavy atom. The predicted molar refractivity (Wildman–Crippen MR) is 205 cm³/mol. The number of pyridine rings is 1. The summed E-state index contributed by atoms with van der Waals surface area (Å²) >= 11 is 6.82. The molecule has 4 N–H and O–H groups in total. The number of rotatable bonds is 16. The van der Waals surface area contributed by atoms with Gasteiger partial charge in [0.25, 0.3) is 0 Å². The zero-order valence-electron chi connectivity index (χ0n) is 30.6. The van der Waals surface area contributed by atoms with E-state index in [1.165, 1.54) is 18.7 Å². The Bertz CT molecular complexity index is 1980. The number of likely N-dealkylation sites (tertiary alicyclic amines) is 1. The molecule has 1 aliphatic heterocycles. The molecule has 12 heteroatoms. The van der Waals surface area contributed by atoms with Gasteiger partial charge < -0.3 is 34.4 Å². The summed E-state index contributed by atoms with van der Waals surface area (Å²) in [5, 5.41) is 42.1. The number of aliphatic hydroxyl groups is 2. The Labute approximate surface area is 321 Å². The number of piperidine rings is 1. The van der Waals surface area contributed by atoms with E-state index in [1.54, 1.807) is 24.4 Å². The van der Waals surface area contributed by atoms with Crippen molar-refractivity contribution >= 4 is 17.6 Å². The molecule has 3 aromatic carbocycles. The fraction of sp³-hybridized carbons (Fsp3) is 0.405. The molecule has 0 unspecified atom stereocenters. The molecule has 54 heavy (non-hydrogen) atoms. The molecule has 1 aromatic heterocycles. The smallest absolute Gasteiger partial charge is 0.323 e. The second-order valence-electron chi connectivity index (χ2n) is 14.1. The van der Waals surface area contributed by atoms with Gasteiger partial charge in [-0.1, -0.05) is 41.9 Å². The number of nitrogens with zero attached hydrogens (tertiary/aromatic N) is 3. The molecule has 0 spiro atoms. The van der Waals surface area contributed by atoms with Crippen molar-refractivity contribution in [2.75, 3.05) is 26.2 Å². The molecular formula is C42H47ClN4O7. The molecule has 6 rings (SSSR count). The van der Waals surface area contributed by atoms with E-state index in [1.807, 2.05) is 18.2 Å². The number of benzene rings is 3. The molecular weight excluding hydrogens is 708 g/mol. The second kappa shape index (κ2) is 18.1. The lowest BCUT2D eigenvalue weighted by atomic mass is 9.93. The lowest BCUT2D eigenvalue weighted by Gasteiger charge is -2.29. The average Bonchev–Trinajstić information content (AvgIpc) is 3.57. The molecule has 2 aliphatic rings. The molecule has 11 nitrogen and oxygen atoms in total. The number of fused-ring (bicyclic) bond motifs is 1. The van der Waals surface area contributed by atoms with Crippen LogP contribution in [0.15, 0.2) is 67.0 Å². The van der Waals surface area contributed by atoms with Crippen molar-refractivity contribution in [1.82, 2.24) is 15.2 Å². The molecule has 284 valence electrons. The van der Waals surface area contributed by atoms with Crippen LogP contribution in [0.4, 0.5) is 0 Å². The minimum absolute atomic E-state index is 0.0496. The van der Waals surface area contributed by atoms with E-state index in [2.05, 4.69) is 46.4 Å². The SMILES string of the molecule is Cc1c(OCCCN2CCC[C@H](O)C2)cccc1-c1cccc2c1CC[C@@H]2Oc1cc(OCc2cncc(C#N)c2)c(CN[C@H](C(=O)O)[C@@H](C)O)cc1Cl. The monoisotopic (exact) mass is 754 g/mol. The predicted octanol–water partition coefficient (Wildman–Crippen LogP) is 6.38. The summed E-state index contributed by atoms with van der Waals surface area (Å²) in [6.07, 6.45) is 5.79. The summed E-state index contributed by atoms with van der Waals surface area (Å²) in [7, 11) is 0. The van der Waals surface area contributed by atoms with E-state index in [0.29, 0.717) is 39.8 Å². The number of halogens is 1. The third-order valence-corrected chi connectivity index (χ3v) is 10.4. The number of nitrogens with one attached hydrogen (secondary N) is 1. The number of hydrogen-bond acceptors (Lipinski definition) is 10. The average molecular weight is 755 g/mol. The number of hydrogen-bond donors (Lipinski definition) is 4. The van der Waals surface area contributed by atoms with Crippen molar-refractivity contribution in [1.29, 1.82) is 5.26 Å². The van der Waals surface area contributed by atoms with Gasteiger partial charge in [-0.3, -0.25) is 15.1 Å². The van der Waals surface area contributed by atoms with Gasteiger partial charge >= 0.3 is 5.97 Å². The zero-order valence-corrected chi connectivity index (χ0v) is 31.4. The quantitative estimate of drug-likeness (QED) is 0.0942. The molecule has 1 aliphatic carbocycles. The van der Waals surface area contributed by atoms with Crippen molar-refractivity contribution in [3.8, 4) is 34.4 Å². The minimum atomic E-state index is -1.20. The molecule has 0 saturated carbocycles. The largest absolute Gasteiger partial charge is 0.493 e. The fourth-order valence-corrected chi connectivity index (χ4v) is 7.55. The van der Waals surface area contributed by atoms with Crippen molar-refractivity contribution < 1.29 is 34.3 Å². The molecule has 1 saturated heterocycles. The van der Waals surface area contributed by atoms with Crippen LogP contribution in [-0.4, -0.2) is 75.7 Å². The number of carbonyl (C=O) groups is 1. The van der Waals surface area contributed by atoms with E-state index in [0.717, 1.165) is 79.7 Å². The van der Waals surface area contributed by atoms with Gasteiger partial charge in [-0.2, -0.15) is 5.26 Å². The van der Waals surface area contributed by atoms with Gasteiger partial charge in [0.2, 0.25) is 0 Å². The maximum absolute atomic E-state index is 11.7. The number of aliphatic hydroxyl groups excluding tert-OH is 2. The molecule has 4 atom stereocenters. The molecule has 0 bridgehead atoms. The first-order valence-electron chi connectivity index (χ1n) is 18.5. The summed E-state index contributed by atoms with van der Waals surface area (Å²) in [6.45, 7) is 6.91. The van der Waals surface area contributed by atoms with Crippen LogP contribution in [-0.2, 0) is 24.4 Å². The van der Waals surface area contributed by atoms with E-state index < -0.39 is 18.1 Å². The number of nitriles is 1. The lowest BCUT2D eigenvalue weighted by Crippen LogP contribution is -2.44. The van der Waals surface area contributed by atoms with Crippen molar-refractivity contribution in [2.45, 2.75) is 83.5 Å². The summed E-state index contributed by atoms with van der Waals surface area (Å²) in [5.41, 5.74) is 7.27. The first kappa shape index (κ1) is 39.0. The number of β-amino-alcohol motifs (C(OH)–C–C–N with tert-alkyl or cyclic N) is 1. The first-order valence-corrected chi connectivity index (χ1v) is 18.8. The minimum Gasteiger partial charge on any atom is -0.493 e. The number of carboxylic acid groups (broad SMARTS) is 1. The van der Waals surface area contributed by atoms with Crippen LogP contribution < -0.4 is 19.5 Å². The van der Waals surface area contributed by atoms with E-state index >= 15 is 0 Å². The number of ether oxygens (including phenoxy) is 3. The summed E-state index contributed by atoms with van der Waals surface area (Å²) < 4.78 is 19.1. The highest BCUT2D eigenvalue weighted by Gasteiger charge is 2.29. The first-order chi connectivity index (χ1) is 26.1. The van der Waals surface area contributed by atoms with Gasteiger partial charge in [-0.25, -0.2) is 0 Å². The third kappa shape index (κ3) is 9.50. The Balaban J connectivity index is 1.19. The molecule has 2 heterocycles. The number of aromatic nitrogens is 1. The van der Waals surface area contributed by atoms with Gasteiger partial charge in [0.05, 0.1) is 29.4 Å². The summed E-state index contributed by atoms with van der Waals surface area (Å²) in [5.74, 6) is 0.504. The summed E-state index contributed by atoms with van der Waals surface area (Å²) in [4.78, 5) is 18.2. The second-order valence-corrected chi connectivity index (χ2v) is 14.5. The van der Waals surface area contributed by atoms with Gasteiger partial charge in [-0.15, -0.1) is 0 Å². The molecule has 0 radical (unpaired) electrons. The maximum Gasteiger partial charge on any atom is 0.323 e. The topological polar surface area (TPSA) is 157 Å². The van der Waals surface area contributed by atoms with Gasteiger partial charge in [0.15, 0.2) is 0 Å². The Morgan fingerprint density at radius 3 is 2.69 bits per heavy atom. The van der Waals surface area contributed by atoms with Gasteiger partial charge in [0.1, 0.15) is 42.1 Å². The van der Waals surface area contributed by atoms with Crippen LogP contribution in [0, 0.1) is 18.3 Å². The number of carboxylic acids is 1. The Hall–Kier alpha value is -4.70. The lowest BCUT2D eigenvalue weighted by molar-refractivity contribution is -0.142. The Morgan fingerprint density at radius 1 is 1.09 bits per heavy atom. The highest BCUT2D eigenvalue weighted by Crippen LogP contribution is 2.44. The van der Waals surface area contributed by atoms with Crippen LogP contribution >= 0.6 is 11.6 Å². The van der Waals surface area contributed by atoms with E-state index in [-0.39, 0.29) is 25.4 Å². The van der Waals surface area contributed by atoms with Crippen LogP contribution in [0.1, 0.15) is 72.1 Å². The molecule has 4 aromatic rings. The third-order valence-electron chi connectivity index (χ3n) is 10.1. The van der Waals surface area contributed by atoms with Crippen molar-refractivity contribution in [3.05, 3.63) is 105 Å². The molecule has 1 fully saturated rings. The highest BCUT2D eigenvalue weighted by atomic mass is 35.5. The fourth-order valence-electron chi connectivity index (χ4n) is 7.32. The van der Waals surface area contributed by atoms with Crippen molar-refractivity contribution in [3.63, 3.8) is 0 Å². The van der Waals surface area contributed by atoms with Crippen molar-refractivity contribution in [2.24, 2.45) is 0 Å². The highest BCUT2D eigenvalue weighted by molar-refractivity contribution is 6.32. The zero-order chi connectivity index (χ0) is 38.2. The van der Waals surface area contributed by atoms with Crippen LogP contribution in [0.3, 0.4) is 0 Å². The Kier molecular flexibility index (Phi) is 13.1. The standard InChI is InChI=1S/C42H47ClN4O7/c1-26-32(8-4-11-37(26)52-16-6-15-47-14-5-7-31(49)24-47)33-9-3-10-35-34(33)12-13-38(35)54-40-19-39(53-25-29-17-28(20-44)21-45-22-29)30(18-36(40)43)23-46-41(27(2)48)42(50)51/h3-4,8-11,17-19,21-22,27,31,38,41,46,48-49H,5-7,12-16,23-25H2,1-2H3,(H,50,51)/t27-,31+,38+,41+/m1/s1. The number of aliphatic carboxylic acids is 1. The van der Waals surface area contributed by atoms with Gasteiger partial charge in [-0.05, 0) is 98.5 Å². The van der Waals surface area contributed by atoms with E-state index in [4.69, 9.17) is 25.8 Å². The van der Waals surface area contributed by atoms with Gasteiger partial charge in [0, 0.05) is 49.2 Å². The van der Waals surface area contributed by atoms with E-state index in [9.17, 15) is 25.4 Å². The summed E-state index contributed by atoms with van der Waals surface area (Å²) in [6, 6.07) is 18.4. The molecule has 0 amide bonds. The van der Waals surface area contributed by atoms with Crippen LogP contribution in [0.25, 0.3) is 11.1 Å².